The highest BCUT2D eigenvalue weighted by molar-refractivity contribution is 8.15. The molecule has 3 aromatic rings. The zero-order chi connectivity index (χ0) is 24.4. The van der Waals surface area contributed by atoms with Crippen LogP contribution in [0.2, 0.25) is 5.02 Å². The van der Waals surface area contributed by atoms with E-state index in [0.29, 0.717) is 22.3 Å². The molecule has 2 atom stereocenters. The summed E-state index contributed by atoms with van der Waals surface area (Å²) < 4.78 is 0. The molecule has 0 aromatic heterocycles. The van der Waals surface area contributed by atoms with Gasteiger partial charge in [0.05, 0.1) is 11.8 Å². The number of nitrogens with one attached hydrogen (secondary N) is 1. The lowest BCUT2D eigenvalue weighted by Gasteiger charge is -2.23. The van der Waals surface area contributed by atoms with Gasteiger partial charge in [0.15, 0.2) is 5.17 Å². The van der Waals surface area contributed by atoms with Gasteiger partial charge in [-0.2, -0.15) is 10.1 Å². The summed E-state index contributed by atoms with van der Waals surface area (Å²) >= 11 is 7.36. The van der Waals surface area contributed by atoms with E-state index in [0.717, 1.165) is 22.4 Å². The summed E-state index contributed by atoms with van der Waals surface area (Å²) in [6.07, 6.45) is 0.708. The van der Waals surface area contributed by atoms with Gasteiger partial charge < -0.3 is 5.32 Å². The number of anilines is 1. The molecule has 2 aliphatic rings. The van der Waals surface area contributed by atoms with Crippen LogP contribution in [-0.2, 0) is 9.59 Å². The fraction of sp³-hybridized carbons (Fsp3) is 0.185. The van der Waals surface area contributed by atoms with E-state index in [4.69, 9.17) is 16.7 Å². The van der Waals surface area contributed by atoms with Crippen LogP contribution in [0.25, 0.3) is 0 Å². The molecule has 176 valence electrons. The van der Waals surface area contributed by atoms with Gasteiger partial charge in [0.2, 0.25) is 5.91 Å². The molecule has 5 rings (SSSR count). The minimum Gasteiger partial charge on any atom is -0.326 e. The van der Waals surface area contributed by atoms with Crippen LogP contribution in [0.4, 0.5) is 5.69 Å². The van der Waals surface area contributed by atoms with Crippen LogP contribution in [-0.4, -0.2) is 33.0 Å². The Morgan fingerprint density at radius 1 is 1.06 bits per heavy atom. The Balaban J connectivity index is 1.33. The van der Waals surface area contributed by atoms with Crippen LogP contribution in [0, 0.1) is 6.92 Å². The highest BCUT2D eigenvalue weighted by atomic mass is 35.5. The van der Waals surface area contributed by atoms with Crippen molar-refractivity contribution in [2.75, 3.05) is 5.32 Å². The molecule has 1 N–H and O–H groups in total. The van der Waals surface area contributed by atoms with Crippen LogP contribution in [0.3, 0.4) is 0 Å². The molecule has 0 spiro atoms. The number of hydrogen-bond donors (Lipinski definition) is 1. The number of carbonyl (C=O) groups excluding carboxylic acids is 2. The second-order valence-electron chi connectivity index (χ2n) is 8.49. The van der Waals surface area contributed by atoms with Crippen LogP contribution in [0.1, 0.15) is 35.6 Å². The zero-order valence-corrected chi connectivity index (χ0v) is 20.6. The number of benzene rings is 3. The summed E-state index contributed by atoms with van der Waals surface area (Å²) in [4.78, 5) is 29.6. The lowest BCUT2D eigenvalue weighted by Crippen LogP contribution is -2.25. The molecule has 3 aromatic carbocycles. The third kappa shape index (κ3) is 5.31. The molecular weight excluding hydrogens is 480 g/mol. The average Bonchev–Trinajstić information content (AvgIpc) is 3.46. The van der Waals surface area contributed by atoms with Gasteiger partial charge in [-0.1, -0.05) is 83.5 Å². The van der Waals surface area contributed by atoms with Crippen molar-refractivity contribution in [2.24, 2.45) is 10.1 Å². The molecule has 2 aliphatic heterocycles. The Morgan fingerprint density at radius 2 is 1.77 bits per heavy atom. The number of amides is 2. The molecule has 8 heteroatoms. The number of carbonyl (C=O) groups is 2. The number of aliphatic imine (C=N–C) groups is 1. The smallest absolute Gasteiger partial charge is 0.262 e. The van der Waals surface area contributed by atoms with Gasteiger partial charge in [-0.15, -0.1) is 0 Å². The first-order valence-corrected chi connectivity index (χ1v) is 12.6. The van der Waals surface area contributed by atoms with Gasteiger partial charge >= 0.3 is 0 Å². The predicted octanol–water partition coefficient (Wildman–Crippen LogP) is 5.83. The van der Waals surface area contributed by atoms with Crippen molar-refractivity contribution >= 4 is 51.7 Å². The number of thioether (sulfide) groups is 1. The van der Waals surface area contributed by atoms with Crippen molar-refractivity contribution in [3.05, 3.63) is 101 Å². The number of hydrogen-bond acceptors (Lipinski definition) is 5. The first kappa shape index (κ1) is 23.3. The van der Waals surface area contributed by atoms with Crippen LogP contribution in [0.5, 0.6) is 0 Å². The number of aryl methyl sites for hydroxylation is 1. The fourth-order valence-corrected chi connectivity index (χ4v) is 5.25. The summed E-state index contributed by atoms with van der Waals surface area (Å²) in [7, 11) is 0. The minimum absolute atomic E-state index is 0.0436. The minimum atomic E-state index is -0.582. The Bertz CT molecular complexity index is 1310. The maximum Gasteiger partial charge on any atom is 0.262 e. The second kappa shape index (κ2) is 10.1. The first-order chi connectivity index (χ1) is 17.0. The summed E-state index contributed by atoms with van der Waals surface area (Å²) in [5.41, 5.74) is 4.77. The van der Waals surface area contributed by atoms with Crippen molar-refractivity contribution < 1.29 is 9.59 Å². The number of hydrazone groups is 1. The Morgan fingerprint density at radius 3 is 2.49 bits per heavy atom. The molecule has 35 heavy (non-hydrogen) atoms. The van der Waals surface area contributed by atoms with E-state index >= 15 is 0 Å². The Kier molecular flexibility index (Phi) is 6.70. The van der Waals surface area contributed by atoms with Crippen LogP contribution < -0.4 is 5.32 Å². The lowest BCUT2D eigenvalue weighted by molar-refractivity contribution is -0.121. The van der Waals surface area contributed by atoms with Gasteiger partial charge in [0, 0.05) is 23.6 Å². The molecule has 0 saturated heterocycles. The van der Waals surface area contributed by atoms with E-state index in [1.165, 1.54) is 11.8 Å². The zero-order valence-electron chi connectivity index (χ0n) is 19.0. The molecule has 0 saturated carbocycles. The molecular formula is C27H23ClN4O2S. The highest BCUT2D eigenvalue weighted by Gasteiger charge is 2.39. The van der Waals surface area contributed by atoms with E-state index in [1.54, 1.807) is 0 Å². The standard InChI is InChI=1S/C27H23ClN4O2S/c1-17-7-13-21(14-8-17)29-25(33)16-24-26(34)30-27(35-24)32-23(19-5-3-2-4-6-19)15-22(31-32)18-9-11-20(28)12-10-18/h2-14,23-24H,15-16H2,1H3,(H,29,33)/t23-,24-/m0/s1. The molecule has 2 heterocycles. The van der Waals surface area contributed by atoms with E-state index < -0.39 is 5.25 Å². The van der Waals surface area contributed by atoms with Crippen molar-refractivity contribution in [3.63, 3.8) is 0 Å². The monoisotopic (exact) mass is 502 g/mol. The fourth-order valence-electron chi connectivity index (χ4n) is 4.06. The van der Waals surface area contributed by atoms with Gasteiger partial charge in [-0.05, 0) is 42.3 Å². The summed E-state index contributed by atoms with van der Waals surface area (Å²) in [6, 6.07) is 25.1. The molecule has 0 radical (unpaired) electrons. The number of amidine groups is 1. The molecule has 2 amide bonds. The normalized spacial score (nSPS) is 19.5. The molecule has 0 unspecified atom stereocenters. The van der Waals surface area contributed by atoms with Gasteiger partial charge in [-0.3, -0.25) is 9.59 Å². The average molecular weight is 503 g/mol. The molecule has 0 bridgehead atoms. The first-order valence-electron chi connectivity index (χ1n) is 11.3. The Hall–Kier alpha value is -3.42. The van der Waals surface area contributed by atoms with Crippen molar-refractivity contribution in [1.29, 1.82) is 0 Å². The lowest BCUT2D eigenvalue weighted by atomic mass is 9.99. The predicted molar refractivity (Wildman–Crippen MR) is 142 cm³/mol. The number of halogens is 1. The molecule has 0 aliphatic carbocycles. The van der Waals surface area contributed by atoms with Gasteiger partial charge in [-0.25, -0.2) is 5.01 Å². The van der Waals surface area contributed by atoms with Gasteiger partial charge in [0.25, 0.3) is 5.91 Å². The van der Waals surface area contributed by atoms with E-state index in [2.05, 4.69) is 10.3 Å². The molecule has 0 fully saturated rings. The Labute approximate surface area is 213 Å². The highest BCUT2D eigenvalue weighted by Crippen LogP contribution is 2.38. The SMILES string of the molecule is Cc1ccc(NC(=O)C[C@@H]2SC(N3N=C(c4ccc(Cl)cc4)C[C@H]3c3ccccc3)=NC2=O)cc1. The van der Waals surface area contributed by atoms with Crippen LogP contribution >= 0.6 is 23.4 Å². The number of rotatable bonds is 5. The van der Waals surface area contributed by atoms with Crippen molar-refractivity contribution in [2.45, 2.75) is 31.1 Å². The van der Waals surface area contributed by atoms with Crippen molar-refractivity contribution in [3.8, 4) is 0 Å². The van der Waals surface area contributed by atoms with Crippen molar-refractivity contribution in [1.82, 2.24) is 5.01 Å². The topological polar surface area (TPSA) is 74.1 Å². The summed E-state index contributed by atoms with van der Waals surface area (Å²) in [6.45, 7) is 1.99. The quantitative estimate of drug-likeness (QED) is 0.476. The van der Waals surface area contributed by atoms with E-state index in [-0.39, 0.29) is 24.3 Å². The number of nitrogens with zero attached hydrogens (tertiary/aromatic N) is 3. The maximum absolute atomic E-state index is 12.7. The maximum atomic E-state index is 12.7. The second-order valence-corrected chi connectivity index (χ2v) is 10.1. The summed E-state index contributed by atoms with van der Waals surface area (Å²) in [5, 5.41) is 10.1. The van der Waals surface area contributed by atoms with E-state index in [1.807, 2.05) is 90.8 Å². The molecule has 6 nitrogen and oxygen atoms in total. The third-order valence-corrected chi connectivity index (χ3v) is 7.30. The summed E-state index contributed by atoms with van der Waals surface area (Å²) in [5.74, 6) is -0.534. The van der Waals surface area contributed by atoms with Crippen LogP contribution in [0.15, 0.2) is 89.0 Å². The largest absolute Gasteiger partial charge is 0.326 e. The van der Waals surface area contributed by atoms with Gasteiger partial charge in [0.1, 0.15) is 5.25 Å². The van der Waals surface area contributed by atoms with E-state index in [9.17, 15) is 9.59 Å². The third-order valence-electron chi connectivity index (χ3n) is 5.90.